The number of carbonyl (C=O) groups is 3. The van der Waals surface area contributed by atoms with Crippen molar-refractivity contribution in [3.8, 4) is 0 Å². The number of carbonyl (C=O) groups excluding carboxylic acids is 3. The third-order valence-corrected chi connectivity index (χ3v) is 6.66. The molecule has 0 saturated heterocycles. The highest BCUT2D eigenvalue weighted by molar-refractivity contribution is 7.98. The van der Waals surface area contributed by atoms with E-state index >= 15 is 0 Å². The van der Waals surface area contributed by atoms with E-state index in [0.717, 1.165) is 16.7 Å². The van der Waals surface area contributed by atoms with Crippen LogP contribution in [0.2, 0.25) is 0 Å². The van der Waals surface area contributed by atoms with E-state index < -0.39 is 29.3 Å². The average molecular weight is 522 g/mol. The number of aryl methyl sites for hydroxylation is 2. The SMILES string of the molecule is CCC(C)(C)N(C(=O)C(CCSC)NC(=O)OC(C)(C)C)C(C(=O)NC(C)C)c1ccc(C)cc1C. The Balaban J connectivity index is 3.67. The molecule has 2 unspecified atom stereocenters. The van der Waals surface area contributed by atoms with Crippen LogP contribution in [0.15, 0.2) is 18.2 Å². The Hall–Kier alpha value is -2.22. The fourth-order valence-corrected chi connectivity index (χ4v) is 4.42. The molecule has 1 rings (SSSR count). The highest BCUT2D eigenvalue weighted by Crippen LogP contribution is 2.34. The molecule has 0 fully saturated rings. The van der Waals surface area contributed by atoms with Crippen LogP contribution in [0.1, 0.15) is 91.0 Å². The number of thioether (sulfide) groups is 1. The topological polar surface area (TPSA) is 87.7 Å². The third-order valence-electron chi connectivity index (χ3n) is 6.01. The number of rotatable bonds is 11. The molecule has 1 aromatic rings. The fraction of sp³-hybridized carbons (Fsp3) is 0.679. The van der Waals surface area contributed by atoms with Gasteiger partial charge in [-0.1, -0.05) is 30.7 Å². The summed E-state index contributed by atoms with van der Waals surface area (Å²) in [6.45, 7) is 19.0. The van der Waals surface area contributed by atoms with Gasteiger partial charge in [0, 0.05) is 11.6 Å². The van der Waals surface area contributed by atoms with Crippen LogP contribution in [0.4, 0.5) is 4.79 Å². The first kappa shape index (κ1) is 31.8. The molecule has 0 aliphatic carbocycles. The Morgan fingerprint density at radius 2 is 1.67 bits per heavy atom. The quantitative estimate of drug-likeness (QED) is 0.400. The van der Waals surface area contributed by atoms with Gasteiger partial charge in [0.25, 0.3) is 0 Å². The standard InChI is InChI=1S/C28H47N3O4S/c1-12-28(9,10)31(25(33)22(15-16-36-11)30-26(34)35-27(6,7)8)23(24(32)29-18(2)3)21-14-13-19(4)17-20(21)5/h13-14,17-18,22-23H,12,15-16H2,1-11H3,(H,29,32)(H,30,34). The number of ether oxygens (including phenoxy) is 1. The number of hydrogen-bond donors (Lipinski definition) is 2. The monoisotopic (exact) mass is 521 g/mol. The Morgan fingerprint density at radius 3 is 2.14 bits per heavy atom. The Kier molecular flexibility index (Phi) is 11.8. The average Bonchev–Trinajstić information content (AvgIpc) is 2.73. The number of alkyl carbamates (subject to hydrolysis) is 1. The number of amides is 3. The van der Waals surface area contributed by atoms with Crippen molar-refractivity contribution in [3.05, 3.63) is 34.9 Å². The summed E-state index contributed by atoms with van der Waals surface area (Å²) >= 11 is 1.59. The minimum atomic E-state index is -0.854. The molecular weight excluding hydrogens is 474 g/mol. The Bertz CT molecular complexity index is 909. The van der Waals surface area contributed by atoms with E-state index in [0.29, 0.717) is 18.6 Å². The molecule has 0 bridgehead atoms. The number of nitrogens with one attached hydrogen (secondary N) is 2. The van der Waals surface area contributed by atoms with Crippen LogP contribution in [-0.4, -0.2) is 58.0 Å². The van der Waals surface area contributed by atoms with Crippen molar-refractivity contribution in [2.75, 3.05) is 12.0 Å². The van der Waals surface area contributed by atoms with E-state index in [1.54, 1.807) is 37.4 Å². The van der Waals surface area contributed by atoms with Crippen molar-refractivity contribution < 1.29 is 19.1 Å². The van der Waals surface area contributed by atoms with E-state index in [4.69, 9.17) is 4.74 Å². The molecular formula is C28H47N3O4S. The maximum absolute atomic E-state index is 14.3. The summed E-state index contributed by atoms with van der Waals surface area (Å²) in [5.41, 5.74) is 1.43. The van der Waals surface area contributed by atoms with Gasteiger partial charge in [-0.3, -0.25) is 9.59 Å². The molecule has 0 spiro atoms. The lowest BCUT2D eigenvalue weighted by Gasteiger charge is -2.45. The van der Waals surface area contributed by atoms with E-state index in [9.17, 15) is 14.4 Å². The van der Waals surface area contributed by atoms with Crippen molar-refractivity contribution >= 4 is 29.7 Å². The van der Waals surface area contributed by atoms with Crippen molar-refractivity contribution in [2.24, 2.45) is 0 Å². The molecule has 36 heavy (non-hydrogen) atoms. The highest BCUT2D eigenvalue weighted by atomic mass is 32.2. The first-order valence-corrected chi connectivity index (χ1v) is 14.1. The van der Waals surface area contributed by atoms with Gasteiger partial charge in [0.05, 0.1) is 0 Å². The van der Waals surface area contributed by atoms with Crippen LogP contribution in [-0.2, 0) is 14.3 Å². The number of benzene rings is 1. The lowest BCUT2D eigenvalue weighted by atomic mass is 9.89. The molecule has 2 atom stereocenters. The maximum atomic E-state index is 14.3. The van der Waals surface area contributed by atoms with E-state index in [2.05, 4.69) is 10.6 Å². The normalized spacial score (nSPS) is 13.7. The molecule has 2 N–H and O–H groups in total. The van der Waals surface area contributed by atoms with Gasteiger partial charge in [-0.15, -0.1) is 0 Å². The summed E-state index contributed by atoms with van der Waals surface area (Å²) in [5, 5.41) is 5.82. The molecule has 8 heteroatoms. The summed E-state index contributed by atoms with van der Waals surface area (Å²) in [5.74, 6) is 0.122. The van der Waals surface area contributed by atoms with Gasteiger partial charge < -0.3 is 20.3 Å². The fourth-order valence-electron chi connectivity index (χ4n) is 3.95. The highest BCUT2D eigenvalue weighted by Gasteiger charge is 2.43. The summed E-state index contributed by atoms with van der Waals surface area (Å²) in [4.78, 5) is 42.4. The Morgan fingerprint density at radius 1 is 1.06 bits per heavy atom. The second kappa shape index (κ2) is 13.4. The van der Waals surface area contributed by atoms with E-state index in [-0.39, 0.29) is 17.9 Å². The van der Waals surface area contributed by atoms with Gasteiger partial charge in [-0.25, -0.2) is 4.79 Å². The molecule has 3 amide bonds. The van der Waals surface area contributed by atoms with Gasteiger partial charge >= 0.3 is 6.09 Å². The molecule has 204 valence electrons. The molecule has 0 heterocycles. The molecule has 0 saturated carbocycles. The summed E-state index contributed by atoms with van der Waals surface area (Å²) < 4.78 is 5.46. The minimum absolute atomic E-state index is 0.0976. The predicted octanol–water partition coefficient (Wildman–Crippen LogP) is 5.53. The summed E-state index contributed by atoms with van der Waals surface area (Å²) in [6.07, 6.45) is 2.35. The third kappa shape index (κ3) is 9.34. The lowest BCUT2D eigenvalue weighted by molar-refractivity contribution is -0.149. The molecule has 0 aromatic heterocycles. The molecule has 0 aliphatic rings. The zero-order chi connectivity index (χ0) is 27.8. The maximum Gasteiger partial charge on any atom is 0.408 e. The minimum Gasteiger partial charge on any atom is -0.444 e. The molecule has 0 aliphatic heterocycles. The van der Waals surface area contributed by atoms with Gasteiger partial charge in [0.15, 0.2) is 0 Å². The van der Waals surface area contributed by atoms with Crippen LogP contribution < -0.4 is 10.6 Å². The smallest absolute Gasteiger partial charge is 0.408 e. The van der Waals surface area contributed by atoms with Crippen molar-refractivity contribution in [2.45, 2.75) is 111 Å². The second-order valence-electron chi connectivity index (χ2n) is 11.3. The largest absolute Gasteiger partial charge is 0.444 e. The van der Waals surface area contributed by atoms with Crippen molar-refractivity contribution in [1.82, 2.24) is 15.5 Å². The summed E-state index contributed by atoms with van der Waals surface area (Å²) in [7, 11) is 0. The van der Waals surface area contributed by atoms with Gasteiger partial charge in [-0.2, -0.15) is 11.8 Å². The molecule has 7 nitrogen and oxygen atoms in total. The van der Waals surface area contributed by atoms with Crippen LogP contribution in [0, 0.1) is 13.8 Å². The zero-order valence-corrected chi connectivity index (χ0v) is 24.9. The van der Waals surface area contributed by atoms with E-state index in [1.807, 2.05) is 72.9 Å². The first-order chi connectivity index (χ1) is 16.5. The van der Waals surface area contributed by atoms with Crippen molar-refractivity contribution in [1.29, 1.82) is 0 Å². The molecule has 1 aromatic carbocycles. The zero-order valence-electron chi connectivity index (χ0n) is 24.1. The second-order valence-corrected chi connectivity index (χ2v) is 12.3. The van der Waals surface area contributed by atoms with Gasteiger partial charge in [0.2, 0.25) is 11.8 Å². The van der Waals surface area contributed by atoms with Crippen molar-refractivity contribution in [3.63, 3.8) is 0 Å². The Labute approximate surface area is 222 Å². The number of hydrogen-bond acceptors (Lipinski definition) is 5. The van der Waals surface area contributed by atoms with Gasteiger partial charge in [-0.05, 0) is 98.3 Å². The van der Waals surface area contributed by atoms with E-state index in [1.165, 1.54) is 0 Å². The van der Waals surface area contributed by atoms with Crippen LogP contribution in [0.3, 0.4) is 0 Å². The van der Waals surface area contributed by atoms with Crippen LogP contribution >= 0.6 is 11.8 Å². The van der Waals surface area contributed by atoms with Gasteiger partial charge in [0.1, 0.15) is 17.7 Å². The van der Waals surface area contributed by atoms with Crippen LogP contribution in [0.5, 0.6) is 0 Å². The number of nitrogens with zero attached hydrogens (tertiary/aromatic N) is 1. The first-order valence-electron chi connectivity index (χ1n) is 12.7. The predicted molar refractivity (Wildman–Crippen MR) is 149 cm³/mol. The summed E-state index contributed by atoms with van der Waals surface area (Å²) in [6, 6.07) is 4.13. The lowest BCUT2D eigenvalue weighted by Crippen LogP contribution is -2.59. The molecule has 0 radical (unpaired) electrons. The van der Waals surface area contributed by atoms with Crippen LogP contribution in [0.25, 0.3) is 0 Å².